The van der Waals surface area contributed by atoms with Gasteiger partial charge in [0, 0.05) is 32.9 Å². The number of nitrogens with one attached hydrogen (secondary N) is 2. The van der Waals surface area contributed by atoms with E-state index in [-0.39, 0.29) is 6.54 Å². The molecule has 9 heteroatoms. The van der Waals surface area contributed by atoms with Gasteiger partial charge < -0.3 is 9.88 Å². The molecule has 8 nitrogen and oxygen atoms in total. The van der Waals surface area contributed by atoms with E-state index in [0.717, 1.165) is 34.7 Å². The maximum atomic E-state index is 12.2. The van der Waals surface area contributed by atoms with Gasteiger partial charge in [-0.3, -0.25) is 9.36 Å². The number of hydrogen-bond acceptors (Lipinski definition) is 5. The summed E-state index contributed by atoms with van der Waals surface area (Å²) in [6.07, 6.45) is 3.86. The van der Waals surface area contributed by atoms with Crippen LogP contribution in [0.4, 0.5) is 0 Å². The van der Waals surface area contributed by atoms with Crippen LogP contribution in [0, 0.1) is 0 Å². The monoisotopic (exact) mass is 316 g/mol. The van der Waals surface area contributed by atoms with Gasteiger partial charge in [0.25, 0.3) is 5.56 Å². The number of aryl methyl sites for hydroxylation is 1. The zero-order valence-corrected chi connectivity index (χ0v) is 12.9. The fraction of sp³-hybridized carbons (Fsp3) is 0.667. The Morgan fingerprint density at radius 3 is 2.71 bits per heavy atom. The molecule has 0 unspecified atom stereocenters. The summed E-state index contributed by atoms with van der Waals surface area (Å²) in [7, 11) is -1.25. The highest BCUT2D eigenvalue weighted by Crippen LogP contribution is 2.08. The number of sulfonamides is 1. The van der Waals surface area contributed by atoms with Gasteiger partial charge in [0.05, 0.1) is 0 Å². The van der Waals surface area contributed by atoms with Crippen molar-refractivity contribution in [1.29, 1.82) is 0 Å². The highest BCUT2D eigenvalue weighted by molar-refractivity contribution is 7.89. The topological polar surface area (TPSA) is 102 Å². The first kappa shape index (κ1) is 15.9. The van der Waals surface area contributed by atoms with Gasteiger partial charge in [-0.15, -0.1) is 0 Å². The van der Waals surface area contributed by atoms with Crippen molar-refractivity contribution < 1.29 is 8.42 Å². The maximum absolute atomic E-state index is 12.2. The maximum Gasteiger partial charge on any atom is 0.330 e. The van der Waals surface area contributed by atoms with Crippen molar-refractivity contribution in [3.05, 3.63) is 27.0 Å². The normalized spacial score (nSPS) is 19.0. The minimum absolute atomic E-state index is 0.256. The molecule has 0 aromatic carbocycles. The Kier molecular flexibility index (Phi) is 4.64. The number of nitrogens with zero attached hydrogens (tertiary/aromatic N) is 2. The Balaban J connectivity index is 2.16. The molecule has 1 atom stereocenters. The fourth-order valence-electron chi connectivity index (χ4n) is 2.41. The van der Waals surface area contributed by atoms with Crippen molar-refractivity contribution >= 4 is 10.0 Å². The quantitative estimate of drug-likeness (QED) is 0.689. The van der Waals surface area contributed by atoms with Crippen LogP contribution < -0.4 is 21.3 Å². The van der Waals surface area contributed by atoms with Gasteiger partial charge in [-0.2, -0.15) is 0 Å². The second-order valence-corrected chi connectivity index (χ2v) is 6.97. The first-order valence-corrected chi connectivity index (χ1v) is 8.31. The third-order valence-electron chi connectivity index (χ3n) is 3.65. The molecule has 0 amide bonds. The molecule has 1 aliphatic rings. The highest BCUT2D eigenvalue weighted by atomic mass is 32.2. The minimum atomic E-state index is -3.92. The SMILES string of the molecule is Cn1cc(S(=O)(=O)NCC[C@@H]2CCCN2)c(=O)n(C)c1=O. The lowest BCUT2D eigenvalue weighted by Crippen LogP contribution is -2.42. The van der Waals surface area contributed by atoms with Crippen LogP contribution in [0.2, 0.25) is 0 Å². The van der Waals surface area contributed by atoms with Crippen LogP contribution in [-0.2, 0) is 24.1 Å². The van der Waals surface area contributed by atoms with Crippen LogP contribution in [0.1, 0.15) is 19.3 Å². The van der Waals surface area contributed by atoms with E-state index < -0.39 is 26.2 Å². The average molecular weight is 316 g/mol. The summed E-state index contributed by atoms with van der Waals surface area (Å²) in [5.74, 6) is 0. The number of hydrogen-bond donors (Lipinski definition) is 2. The minimum Gasteiger partial charge on any atom is -0.314 e. The molecule has 2 N–H and O–H groups in total. The van der Waals surface area contributed by atoms with Crippen molar-refractivity contribution in [1.82, 2.24) is 19.2 Å². The van der Waals surface area contributed by atoms with Crippen LogP contribution in [0.3, 0.4) is 0 Å². The van der Waals surface area contributed by atoms with Crippen molar-refractivity contribution in [2.24, 2.45) is 14.1 Å². The van der Waals surface area contributed by atoms with E-state index in [1.807, 2.05) is 0 Å². The molecule has 1 aromatic heterocycles. The van der Waals surface area contributed by atoms with Crippen LogP contribution in [0.25, 0.3) is 0 Å². The number of rotatable bonds is 5. The molecular formula is C12H20N4O4S. The fourth-order valence-corrected chi connectivity index (χ4v) is 3.61. The van der Waals surface area contributed by atoms with Crippen LogP contribution in [0.5, 0.6) is 0 Å². The lowest BCUT2D eigenvalue weighted by atomic mass is 10.2. The second-order valence-electron chi connectivity index (χ2n) is 5.23. The first-order chi connectivity index (χ1) is 9.83. The molecule has 0 aliphatic carbocycles. The van der Waals surface area contributed by atoms with Crippen LogP contribution in [0.15, 0.2) is 20.7 Å². The molecule has 1 saturated heterocycles. The number of aromatic nitrogens is 2. The molecular weight excluding hydrogens is 296 g/mol. The molecule has 2 heterocycles. The predicted molar refractivity (Wildman–Crippen MR) is 77.8 cm³/mol. The van der Waals surface area contributed by atoms with E-state index in [9.17, 15) is 18.0 Å². The third-order valence-corrected chi connectivity index (χ3v) is 5.09. The van der Waals surface area contributed by atoms with Gasteiger partial charge in [-0.25, -0.2) is 17.9 Å². The summed E-state index contributed by atoms with van der Waals surface area (Å²) in [5, 5.41) is 3.27. The molecule has 1 aromatic rings. The van der Waals surface area contributed by atoms with Gasteiger partial charge >= 0.3 is 5.69 Å². The molecule has 0 bridgehead atoms. The summed E-state index contributed by atoms with van der Waals surface area (Å²) >= 11 is 0. The Bertz CT molecular complexity index is 729. The summed E-state index contributed by atoms with van der Waals surface area (Å²) in [4.78, 5) is 23.1. The van der Waals surface area contributed by atoms with E-state index in [1.165, 1.54) is 14.1 Å². The summed E-state index contributed by atoms with van der Waals surface area (Å²) in [6, 6.07) is 0.315. The zero-order chi connectivity index (χ0) is 15.6. The molecule has 1 aliphatic heterocycles. The Morgan fingerprint density at radius 1 is 1.38 bits per heavy atom. The van der Waals surface area contributed by atoms with Crippen molar-refractivity contribution in [2.75, 3.05) is 13.1 Å². The Hall–Kier alpha value is -1.45. The van der Waals surface area contributed by atoms with Crippen molar-refractivity contribution in [3.8, 4) is 0 Å². The summed E-state index contributed by atoms with van der Waals surface area (Å²) in [6.45, 7) is 1.21. The third kappa shape index (κ3) is 3.42. The predicted octanol–water partition coefficient (Wildman–Crippen LogP) is -1.50. The molecule has 118 valence electrons. The van der Waals surface area contributed by atoms with Gasteiger partial charge in [-0.05, 0) is 25.8 Å². The lowest BCUT2D eigenvalue weighted by molar-refractivity contribution is 0.536. The Morgan fingerprint density at radius 2 is 2.10 bits per heavy atom. The molecule has 21 heavy (non-hydrogen) atoms. The molecule has 1 fully saturated rings. The van der Waals surface area contributed by atoms with Gasteiger partial charge in [0.2, 0.25) is 10.0 Å². The van der Waals surface area contributed by atoms with E-state index in [1.54, 1.807) is 0 Å². The second kappa shape index (κ2) is 6.12. The van der Waals surface area contributed by atoms with E-state index >= 15 is 0 Å². The first-order valence-electron chi connectivity index (χ1n) is 6.82. The van der Waals surface area contributed by atoms with Gasteiger partial charge in [0.15, 0.2) is 4.90 Å². The average Bonchev–Trinajstić information content (AvgIpc) is 2.93. The largest absolute Gasteiger partial charge is 0.330 e. The standard InChI is InChI=1S/C12H20N4O4S/c1-15-8-10(11(17)16(2)12(15)18)21(19,20)14-7-5-9-4-3-6-13-9/h8-9,13-14H,3-7H2,1-2H3/t9-/m0/s1. The molecule has 0 spiro atoms. The van der Waals surface area contributed by atoms with Crippen LogP contribution in [-0.4, -0.2) is 36.7 Å². The highest BCUT2D eigenvalue weighted by Gasteiger charge is 2.22. The van der Waals surface area contributed by atoms with Gasteiger partial charge in [-0.1, -0.05) is 0 Å². The summed E-state index contributed by atoms with van der Waals surface area (Å²) in [5.41, 5.74) is -1.38. The van der Waals surface area contributed by atoms with Crippen molar-refractivity contribution in [2.45, 2.75) is 30.2 Å². The summed E-state index contributed by atoms with van der Waals surface area (Å²) < 4.78 is 28.6. The van der Waals surface area contributed by atoms with E-state index in [0.29, 0.717) is 12.5 Å². The van der Waals surface area contributed by atoms with E-state index in [2.05, 4.69) is 10.0 Å². The lowest BCUT2D eigenvalue weighted by Gasteiger charge is -2.12. The van der Waals surface area contributed by atoms with Crippen molar-refractivity contribution in [3.63, 3.8) is 0 Å². The Labute approximate surface area is 122 Å². The zero-order valence-electron chi connectivity index (χ0n) is 12.1. The smallest absolute Gasteiger partial charge is 0.314 e. The van der Waals surface area contributed by atoms with Gasteiger partial charge in [0.1, 0.15) is 0 Å². The molecule has 0 radical (unpaired) electrons. The molecule has 2 rings (SSSR count). The van der Waals surface area contributed by atoms with E-state index in [4.69, 9.17) is 0 Å². The molecule has 0 saturated carbocycles. The van der Waals surface area contributed by atoms with Crippen LogP contribution >= 0.6 is 0 Å².